The van der Waals surface area contributed by atoms with E-state index in [0.717, 1.165) is 9.79 Å². The Kier molecular flexibility index (Phi) is 3.59. The zero-order chi connectivity index (χ0) is 12.1. The summed E-state index contributed by atoms with van der Waals surface area (Å²) in [5, 5.41) is 8.92. The fourth-order valence-corrected chi connectivity index (χ4v) is 2.30. The zero-order valence-corrected chi connectivity index (χ0v) is 9.78. The average molecular weight is 239 g/mol. The van der Waals surface area contributed by atoms with Crippen LogP contribution < -0.4 is 0 Å². The second-order valence-corrected chi connectivity index (χ2v) is 4.54. The number of benzene rings is 2. The number of hydrogen-bond donors (Lipinski definition) is 0. The third-order valence-corrected chi connectivity index (χ3v) is 3.25. The molecular weight excluding hydrogens is 230 g/mol. The summed E-state index contributed by atoms with van der Waals surface area (Å²) in [4.78, 5) is 12.8. The maximum absolute atomic E-state index is 10.7. The Morgan fingerprint density at radius 3 is 2.47 bits per heavy atom. The van der Waals surface area contributed by atoms with Crippen molar-refractivity contribution in [3.05, 3.63) is 59.7 Å². The minimum Gasteiger partial charge on any atom is -0.298 e. The predicted molar refractivity (Wildman–Crippen MR) is 67.1 cm³/mol. The fraction of sp³-hybridized carbons (Fsp3) is 0. The van der Waals surface area contributed by atoms with Crippen LogP contribution in [0, 0.1) is 11.3 Å². The number of hydrogen-bond acceptors (Lipinski definition) is 3. The molecule has 0 aliphatic rings. The van der Waals surface area contributed by atoms with Gasteiger partial charge in [-0.25, -0.2) is 0 Å². The molecule has 82 valence electrons. The summed E-state index contributed by atoms with van der Waals surface area (Å²) in [6, 6.07) is 17.2. The van der Waals surface area contributed by atoms with E-state index in [2.05, 4.69) is 0 Å². The van der Waals surface area contributed by atoms with Gasteiger partial charge in [-0.05, 0) is 30.3 Å². The first-order valence-corrected chi connectivity index (χ1v) is 5.87. The van der Waals surface area contributed by atoms with Crippen molar-refractivity contribution in [2.24, 2.45) is 0 Å². The Balaban J connectivity index is 2.29. The topological polar surface area (TPSA) is 40.9 Å². The molecule has 0 radical (unpaired) electrons. The first-order valence-electron chi connectivity index (χ1n) is 5.05. The highest BCUT2D eigenvalue weighted by Crippen LogP contribution is 2.28. The first-order chi connectivity index (χ1) is 8.33. The van der Waals surface area contributed by atoms with E-state index in [4.69, 9.17) is 5.26 Å². The molecule has 0 aliphatic heterocycles. The van der Waals surface area contributed by atoms with Gasteiger partial charge in [-0.3, -0.25) is 4.79 Å². The number of carbonyl (C=O) groups excluding carboxylic acids is 1. The highest BCUT2D eigenvalue weighted by Gasteiger charge is 2.03. The van der Waals surface area contributed by atoms with Crippen molar-refractivity contribution in [2.45, 2.75) is 9.79 Å². The summed E-state index contributed by atoms with van der Waals surface area (Å²) in [5.74, 6) is 0. The molecule has 0 heterocycles. The van der Waals surface area contributed by atoms with Gasteiger partial charge in [0.15, 0.2) is 6.29 Å². The molecule has 0 unspecified atom stereocenters. The molecule has 2 aromatic carbocycles. The van der Waals surface area contributed by atoms with E-state index in [0.29, 0.717) is 17.4 Å². The van der Waals surface area contributed by atoms with Crippen LogP contribution >= 0.6 is 11.8 Å². The van der Waals surface area contributed by atoms with Crippen LogP contribution in [-0.4, -0.2) is 6.29 Å². The van der Waals surface area contributed by atoms with Crippen LogP contribution in [0.3, 0.4) is 0 Å². The predicted octanol–water partition coefficient (Wildman–Crippen LogP) is 3.52. The summed E-state index contributed by atoms with van der Waals surface area (Å²) in [5.41, 5.74) is 0.853. The normalized spacial score (nSPS) is 9.59. The van der Waals surface area contributed by atoms with Crippen LogP contribution in [0.5, 0.6) is 0 Å². The van der Waals surface area contributed by atoms with Crippen LogP contribution in [0.1, 0.15) is 15.9 Å². The Morgan fingerprint density at radius 1 is 1.06 bits per heavy atom. The van der Waals surface area contributed by atoms with Crippen molar-refractivity contribution < 1.29 is 4.79 Å². The lowest BCUT2D eigenvalue weighted by molar-refractivity contribution is 0.112. The molecule has 2 rings (SSSR count). The van der Waals surface area contributed by atoms with Crippen molar-refractivity contribution in [1.29, 1.82) is 5.26 Å². The third kappa shape index (κ3) is 2.74. The smallest absolute Gasteiger partial charge is 0.151 e. The molecule has 0 spiro atoms. The van der Waals surface area contributed by atoms with Crippen molar-refractivity contribution in [3.63, 3.8) is 0 Å². The summed E-state index contributed by atoms with van der Waals surface area (Å²) >= 11 is 1.57. The van der Waals surface area contributed by atoms with E-state index in [1.807, 2.05) is 42.5 Å². The Hall–Kier alpha value is -2.05. The van der Waals surface area contributed by atoms with Crippen LogP contribution in [0.4, 0.5) is 0 Å². The van der Waals surface area contributed by atoms with E-state index in [1.54, 1.807) is 23.9 Å². The van der Waals surface area contributed by atoms with E-state index < -0.39 is 0 Å². The van der Waals surface area contributed by atoms with Gasteiger partial charge in [-0.2, -0.15) is 5.26 Å². The van der Waals surface area contributed by atoms with Gasteiger partial charge in [-0.1, -0.05) is 30.0 Å². The number of carbonyl (C=O) groups is 1. The molecule has 0 atom stereocenters. The monoisotopic (exact) mass is 239 g/mol. The van der Waals surface area contributed by atoms with Crippen molar-refractivity contribution >= 4 is 18.0 Å². The van der Waals surface area contributed by atoms with Crippen molar-refractivity contribution in [3.8, 4) is 6.07 Å². The second-order valence-electron chi connectivity index (χ2n) is 3.39. The van der Waals surface area contributed by atoms with E-state index in [1.165, 1.54) is 0 Å². The van der Waals surface area contributed by atoms with Gasteiger partial charge in [0.2, 0.25) is 0 Å². The van der Waals surface area contributed by atoms with Gasteiger partial charge >= 0.3 is 0 Å². The van der Waals surface area contributed by atoms with E-state index >= 15 is 0 Å². The van der Waals surface area contributed by atoms with Crippen LogP contribution in [0.2, 0.25) is 0 Å². The second kappa shape index (κ2) is 5.33. The number of rotatable bonds is 3. The highest BCUT2D eigenvalue weighted by atomic mass is 32.2. The lowest BCUT2D eigenvalue weighted by Crippen LogP contribution is -1.87. The number of nitriles is 1. The van der Waals surface area contributed by atoms with Gasteiger partial charge in [0.1, 0.15) is 0 Å². The summed E-state index contributed by atoms with van der Waals surface area (Å²) in [7, 11) is 0. The lowest BCUT2D eigenvalue weighted by atomic mass is 10.1. The van der Waals surface area contributed by atoms with Crippen LogP contribution in [-0.2, 0) is 0 Å². The largest absolute Gasteiger partial charge is 0.298 e. The molecule has 0 saturated carbocycles. The number of nitrogens with zero attached hydrogens (tertiary/aromatic N) is 1. The summed E-state index contributed by atoms with van der Waals surface area (Å²) in [6.45, 7) is 0. The first kappa shape index (κ1) is 11.4. The zero-order valence-electron chi connectivity index (χ0n) is 8.96. The Bertz CT molecular complexity index is 573. The molecular formula is C14H9NOS. The molecule has 0 aromatic heterocycles. The van der Waals surface area contributed by atoms with Gasteiger partial charge in [0.05, 0.1) is 11.6 Å². The van der Waals surface area contributed by atoms with E-state index in [9.17, 15) is 4.79 Å². The molecule has 0 N–H and O–H groups in total. The van der Waals surface area contributed by atoms with Gasteiger partial charge in [0, 0.05) is 15.4 Å². The van der Waals surface area contributed by atoms with Crippen LogP contribution in [0.15, 0.2) is 58.3 Å². The highest BCUT2D eigenvalue weighted by molar-refractivity contribution is 7.99. The molecule has 0 bridgehead atoms. The molecule has 0 fully saturated rings. The van der Waals surface area contributed by atoms with Crippen molar-refractivity contribution in [1.82, 2.24) is 0 Å². The minimum atomic E-state index is 0.418. The molecule has 3 heteroatoms. The minimum absolute atomic E-state index is 0.418. The molecule has 0 amide bonds. The van der Waals surface area contributed by atoms with Gasteiger partial charge in [0.25, 0.3) is 0 Å². The molecule has 0 saturated heterocycles. The summed E-state index contributed by atoms with van der Waals surface area (Å²) in [6.07, 6.45) is 0.704. The maximum atomic E-state index is 10.7. The summed E-state index contributed by atoms with van der Waals surface area (Å²) < 4.78 is 0. The number of aldehydes is 1. The Morgan fingerprint density at radius 2 is 1.82 bits per heavy atom. The quantitative estimate of drug-likeness (QED) is 0.769. The SMILES string of the molecule is N#Cc1cc(Sc2ccccc2)ccc1C=O. The van der Waals surface area contributed by atoms with Crippen LogP contribution in [0.25, 0.3) is 0 Å². The van der Waals surface area contributed by atoms with Gasteiger partial charge in [-0.15, -0.1) is 0 Å². The molecule has 2 nitrogen and oxygen atoms in total. The third-order valence-electron chi connectivity index (χ3n) is 2.25. The van der Waals surface area contributed by atoms with Gasteiger partial charge < -0.3 is 0 Å². The Labute approximate surface area is 104 Å². The molecule has 2 aromatic rings. The average Bonchev–Trinajstić information content (AvgIpc) is 2.40. The molecule has 0 aliphatic carbocycles. The maximum Gasteiger partial charge on any atom is 0.151 e. The molecule has 17 heavy (non-hydrogen) atoms. The lowest BCUT2D eigenvalue weighted by Gasteiger charge is -2.03. The standard InChI is InChI=1S/C14H9NOS/c15-9-12-8-14(7-6-11(12)10-16)17-13-4-2-1-3-5-13/h1-8,10H. The fourth-order valence-electron chi connectivity index (χ4n) is 1.42. The van der Waals surface area contributed by atoms with Crippen molar-refractivity contribution in [2.75, 3.05) is 0 Å². The van der Waals surface area contributed by atoms with E-state index in [-0.39, 0.29) is 0 Å².